The number of rotatable bonds is 7. The van der Waals surface area contributed by atoms with E-state index in [1.54, 1.807) is 0 Å². The number of hydrogen-bond acceptors (Lipinski definition) is 4. The third-order valence-corrected chi connectivity index (χ3v) is 6.08. The van der Waals surface area contributed by atoms with E-state index in [-0.39, 0.29) is 21.5 Å². The number of carbonyl (C=O) groups is 2. The summed E-state index contributed by atoms with van der Waals surface area (Å²) in [7, 11) is 0. The minimum absolute atomic E-state index is 0.267. The van der Waals surface area contributed by atoms with Crippen LogP contribution in [0.25, 0.3) is 0 Å². The molecule has 0 unspecified atom stereocenters. The Bertz CT molecular complexity index is 433. The second-order valence-electron chi connectivity index (χ2n) is 7.98. The van der Waals surface area contributed by atoms with Gasteiger partial charge in [-0.15, -0.1) is 11.8 Å². The lowest BCUT2D eigenvalue weighted by Gasteiger charge is -2.57. The lowest BCUT2D eigenvalue weighted by atomic mass is 9.76. The highest BCUT2D eigenvalue weighted by Crippen LogP contribution is 2.60. The van der Waals surface area contributed by atoms with Crippen molar-refractivity contribution in [2.75, 3.05) is 0 Å². The number of thioether (sulfide) groups is 1. The number of nitrogens with two attached hydrogens (primary N) is 1. The van der Waals surface area contributed by atoms with Crippen LogP contribution in [-0.2, 0) is 9.59 Å². The Morgan fingerprint density at radius 2 is 1.77 bits per heavy atom. The minimum Gasteiger partial charge on any atom is -0.481 e. The Hall–Kier alpha value is -0.750. The van der Waals surface area contributed by atoms with Crippen molar-refractivity contribution in [1.82, 2.24) is 5.32 Å². The molecule has 1 aliphatic heterocycles. The van der Waals surface area contributed by atoms with E-state index in [0.717, 1.165) is 12.8 Å². The van der Waals surface area contributed by atoms with Crippen molar-refractivity contribution in [3.63, 3.8) is 0 Å². The van der Waals surface area contributed by atoms with E-state index < -0.39 is 17.9 Å². The first-order valence-corrected chi connectivity index (χ1v) is 8.58. The zero-order chi connectivity index (χ0) is 17.3. The number of carboxylic acid groups (broad SMARTS) is 1. The smallest absolute Gasteiger partial charge is 0.305 e. The van der Waals surface area contributed by atoms with Gasteiger partial charge in [-0.1, -0.05) is 27.7 Å². The summed E-state index contributed by atoms with van der Waals surface area (Å²) in [6, 6.07) is -0.996. The summed E-state index contributed by atoms with van der Waals surface area (Å²) in [6.45, 7) is 13.0. The summed E-state index contributed by atoms with van der Waals surface area (Å²) >= 11 is 2.00. The van der Waals surface area contributed by atoms with Crippen molar-refractivity contribution in [2.24, 2.45) is 11.7 Å². The maximum absolute atomic E-state index is 12.0. The van der Waals surface area contributed by atoms with Crippen LogP contribution in [0.3, 0.4) is 0 Å². The van der Waals surface area contributed by atoms with E-state index in [1.807, 2.05) is 25.6 Å². The quantitative estimate of drug-likeness (QED) is 0.666. The largest absolute Gasteiger partial charge is 0.481 e. The first-order chi connectivity index (χ1) is 9.77. The van der Waals surface area contributed by atoms with Gasteiger partial charge in [-0.3, -0.25) is 9.59 Å². The highest BCUT2D eigenvalue weighted by Gasteiger charge is 2.53. The maximum atomic E-state index is 12.0. The number of carboxylic acids is 1. The maximum Gasteiger partial charge on any atom is 0.305 e. The summed E-state index contributed by atoms with van der Waals surface area (Å²) in [5.74, 6) is -0.863. The first-order valence-electron chi connectivity index (χ1n) is 7.76. The van der Waals surface area contributed by atoms with Gasteiger partial charge in [0.15, 0.2) is 0 Å². The second kappa shape index (κ2) is 6.40. The molecule has 1 amide bonds. The molecule has 1 aliphatic rings. The second-order valence-corrected chi connectivity index (χ2v) is 10.3. The third kappa shape index (κ3) is 4.88. The van der Waals surface area contributed by atoms with Crippen LogP contribution in [-0.4, -0.2) is 38.1 Å². The molecular weight excluding hydrogens is 300 g/mol. The lowest BCUT2D eigenvalue weighted by Crippen LogP contribution is -2.56. The highest BCUT2D eigenvalue weighted by atomic mass is 32.2. The number of nitrogens with one attached hydrogen (secondary N) is 1. The lowest BCUT2D eigenvalue weighted by molar-refractivity contribution is -0.139. The fourth-order valence-electron chi connectivity index (χ4n) is 3.57. The van der Waals surface area contributed by atoms with Crippen molar-refractivity contribution >= 4 is 23.6 Å². The molecular formula is C16H30N2O3S. The Kier molecular flexibility index (Phi) is 5.61. The molecule has 5 nitrogen and oxygen atoms in total. The van der Waals surface area contributed by atoms with Crippen molar-refractivity contribution in [1.29, 1.82) is 0 Å². The number of amides is 1. The van der Waals surface area contributed by atoms with Gasteiger partial charge in [0, 0.05) is 15.0 Å². The fourth-order valence-corrected chi connectivity index (χ4v) is 5.85. The summed E-state index contributed by atoms with van der Waals surface area (Å²) in [6.07, 6.45) is 1.52. The van der Waals surface area contributed by atoms with Crippen LogP contribution in [0, 0.1) is 5.92 Å². The number of hydrogen-bond donors (Lipinski definition) is 3. The molecule has 1 rings (SSSR count). The number of aliphatic carboxylic acids is 1. The molecule has 0 saturated carbocycles. The van der Waals surface area contributed by atoms with E-state index in [1.165, 1.54) is 0 Å². The Labute approximate surface area is 137 Å². The van der Waals surface area contributed by atoms with Gasteiger partial charge >= 0.3 is 5.97 Å². The molecule has 0 aromatic carbocycles. The van der Waals surface area contributed by atoms with E-state index in [4.69, 9.17) is 10.8 Å². The van der Waals surface area contributed by atoms with E-state index in [0.29, 0.717) is 5.92 Å². The SMILES string of the molecule is CC(C)(CCC1C(C)(C)SC1(C)C)NC(=O)[C@@H](N)CC(=O)O. The van der Waals surface area contributed by atoms with Crippen LogP contribution in [0.15, 0.2) is 0 Å². The number of carbonyl (C=O) groups excluding carboxylic acids is 1. The van der Waals surface area contributed by atoms with Gasteiger partial charge in [0.25, 0.3) is 0 Å². The van der Waals surface area contributed by atoms with Crippen LogP contribution >= 0.6 is 11.8 Å². The summed E-state index contributed by atoms with van der Waals surface area (Å²) < 4.78 is 0.534. The molecule has 0 spiro atoms. The summed E-state index contributed by atoms with van der Waals surface area (Å²) in [5, 5.41) is 11.6. The van der Waals surface area contributed by atoms with Gasteiger partial charge in [0.2, 0.25) is 5.91 Å². The zero-order valence-corrected chi connectivity index (χ0v) is 15.3. The van der Waals surface area contributed by atoms with Crippen LogP contribution in [0.5, 0.6) is 0 Å². The predicted octanol–water partition coefficient (Wildman–Crippen LogP) is 2.38. The van der Waals surface area contributed by atoms with E-state index in [2.05, 4.69) is 33.0 Å². The summed E-state index contributed by atoms with van der Waals surface area (Å²) in [4.78, 5) is 22.6. The molecule has 1 saturated heterocycles. The molecule has 0 radical (unpaired) electrons. The molecule has 0 bridgehead atoms. The molecule has 1 heterocycles. The van der Waals surface area contributed by atoms with Crippen molar-refractivity contribution < 1.29 is 14.7 Å². The molecule has 4 N–H and O–H groups in total. The third-order valence-electron chi connectivity index (χ3n) is 4.46. The van der Waals surface area contributed by atoms with E-state index in [9.17, 15) is 9.59 Å². The molecule has 6 heteroatoms. The highest BCUT2D eigenvalue weighted by molar-refractivity contribution is 8.03. The van der Waals surface area contributed by atoms with Gasteiger partial charge in [0.05, 0.1) is 12.5 Å². The normalized spacial score (nSPS) is 21.8. The first kappa shape index (κ1) is 19.3. The molecule has 0 aromatic heterocycles. The zero-order valence-electron chi connectivity index (χ0n) is 14.5. The van der Waals surface area contributed by atoms with Crippen molar-refractivity contribution in [2.45, 2.75) is 81.9 Å². The molecule has 0 aliphatic carbocycles. The monoisotopic (exact) mass is 330 g/mol. The topological polar surface area (TPSA) is 92.4 Å². The Balaban J connectivity index is 2.54. The van der Waals surface area contributed by atoms with Gasteiger partial charge in [-0.2, -0.15) is 0 Å². The van der Waals surface area contributed by atoms with Gasteiger partial charge in [0.1, 0.15) is 0 Å². The fraction of sp³-hybridized carbons (Fsp3) is 0.875. The van der Waals surface area contributed by atoms with Crippen LogP contribution in [0.2, 0.25) is 0 Å². The standard InChI is InChI=1S/C16H30N2O3S/c1-14(2,18-13(21)10(17)9-12(19)20)8-7-11-15(3,4)22-16(11,5)6/h10-11H,7-9,17H2,1-6H3,(H,18,21)(H,19,20)/t10-/m0/s1. The van der Waals surface area contributed by atoms with Crippen LogP contribution < -0.4 is 11.1 Å². The average Bonchev–Trinajstić information content (AvgIpc) is 2.23. The molecule has 1 fully saturated rings. The van der Waals surface area contributed by atoms with Crippen molar-refractivity contribution in [3.05, 3.63) is 0 Å². The molecule has 128 valence electrons. The van der Waals surface area contributed by atoms with Crippen LogP contribution in [0.1, 0.15) is 60.8 Å². The average molecular weight is 330 g/mol. The van der Waals surface area contributed by atoms with E-state index >= 15 is 0 Å². The van der Waals surface area contributed by atoms with Gasteiger partial charge < -0.3 is 16.2 Å². The molecule has 0 aromatic rings. The van der Waals surface area contributed by atoms with Gasteiger partial charge in [-0.25, -0.2) is 0 Å². The van der Waals surface area contributed by atoms with Gasteiger partial charge in [-0.05, 0) is 32.6 Å². The Morgan fingerprint density at radius 3 is 2.18 bits per heavy atom. The predicted molar refractivity (Wildman–Crippen MR) is 90.9 cm³/mol. The summed E-state index contributed by atoms with van der Waals surface area (Å²) in [5.41, 5.74) is 5.22. The molecule has 22 heavy (non-hydrogen) atoms. The Morgan fingerprint density at radius 1 is 1.27 bits per heavy atom. The molecule has 1 atom stereocenters. The van der Waals surface area contributed by atoms with Crippen molar-refractivity contribution in [3.8, 4) is 0 Å². The minimum atomic E-state index is -1.06. The van der Waals surface area contributed by atoms with Crippen LogP contribution in [0.4, 0.5) is 0 Å².